The van der Waals surface area contributed by atoms with Crippen molar-refractivity contribution in [3.05, 3.63) is 94.6 Å². The smallest absolute Gasteiger partial charge is 0.390 e. The Balaban J connectivity index is 1.21. The summed E-state index contributed by atoms with van der Waals surface area (Å²) in [6.07, 6.45) is 1.42. The number of halogens is 5. The first-order valence-corrected chi connectivity index (χ1v) is 17.3. The number of anilines is 2. The van der Waals surface area contributed by atoms with Crippen molar-refractivity contribution < 1.29 is 36.6 Å². The lowest BCUT2D eigenvalue weighted by Crippen LogP contribution is -2.50. The molecule has 1 saturated heterocycles. The van der Waals surface area contributed by atoms with Crippen LogP contribution in [-0.4, -0.2) is 74.0 Å². The number of nitrogens with zero attached hydrogens (tertiary/aromatic N) is 5. The number of pyridine rings is 1. The van der Waals surface area contributed by atoms with E-state index in [1.807, 2.05) is 0 Å². The molecular formula is C39H39F5N6O3. The van der Waals surface area contributed by atoms with Crippen molar-refractivity contribution in [1.29, 1.82) is 0 Å². The topological polar surface area (TPSA) is 95.1 Å². The van der Waals surface area contributed by atoms with Crippen LogP contribution in [0.3, 0.4) is 0 Å². The highest BCUT2D eigenvalue weighted by Gasteiger charge is 2.39. The maximum Gasteiger partial charge on any atom is 0.417 e. The van der Waals surface area contributed by atoms with E-state index in [1.54, 1.807) is 62.5 Å². The number of hydrogen-bond acceptors (Lipinski definition) is 6. The number of likely N-dealkylation sites (N-methyl/N-ethyl adjacent to an activating group) is 1. The fourth-order valence-electron chi connectivity index (χ4n) is 7.57. The molecular weight excluding hydrogens is 695 g/mol. The van der Waals surface area contributed by atoms with E-state index in [9.17, 15) is 27.9 Å². The first kappa shape index (κ1) is 36.3. The summed E-state index contributed by atoms with van der Waals surface area (Å²) >= 11 is 0. The van der Waals surface area contributed by atoms with Gasteiger partial charge in [0.05, 0.1) is 33.6 Å². The molecule has 1 atom stereocenters. The van der Waals surface area contributed by atoms with E-state index < -0.39 is 46.4 Å². The van der Waals surface area contributed by atoms with Gasteiger partial charge in [0.25, 0.3) is 0 Å². The third-order valence-corrected chi connectivity index (χ3v) is 10.3. The molecule has 0 bridgehead atoms. The van der Waals surface area contributed by atoms with Crippen molar-refractivity contribution in [3.63, 3.8) is 0 Å². The summed E-state index contributed by atoms with van der Waals surface area (Å²) in [4.78, 5) is 35.0. The minimum atomic E-state index is -4.73. The summed E-state index contributed by atoms with van der Waals surface area (Å²) in [7, 11) is 3.37. The van der Waals surface area contributed by atoms with Gasteiger partial charge in [-0.15, -0.1) is 0 Å². The van der Waals surface area contributed by atoms with Gasteiger partial charge >= 0.3 is 6.18 Å². The van der Waals surface area contributed by atoms with Crippen LogP contribution in [0.15, 0.2) is 54.7 Å². The second-order valence-electron chi connectivity index (χ2n) is 14.6. The first-order chi connectivity index (χ1) is 24.9. The van der Waals surface area contributed by atoms with E-state index in [1.165, 1.54) is 22.7 Å². The Morgan fingerprint density at radius 1 is 1.08 bits per heavy atom. The number of aliphatic hydroxyl groups is 1. The summed E-state index contributed by atoms with van der Waals surface area (Å²) in [5, 5.41) is 12.3. The molecule has 5 aromatic rings. The fraction of sp³-hybridized carbons (Fsp3) is 0.359. The van der Waals surface area contributed by atoms with Crippen LogP contribution in [0, 0.1) is 18.6 Å². The Morgan fingerprint density at radius 2 is 1.79 bits per heavy atom. The Hall–Kier alpha value is -5.08. The molecule has 0 aliphatic carbocycles. The maximum atomic E-state index is 15.4. The van der Waals surface area contributed by atoms with Gasteiger partial charge in [-0.05, 0) is 75.9 Å². The number of ketones is 1. The molecule has 2 aromatic carbocycles. The molecule has 0 radical (unpaired) electrons. The molecule has 278 valence electrons. The summed E-state index contributed by atoms with van der Waals surface area (Å²) in [5.41, 5.74) is -0.501. The number of hydrogen-bond donors (Lipinski definition) is 2. The number of alkyl halides is 3. The van der Waals surface area contributed by atoms with Crippen LogP contribution in [0.2, 0.25) is 0 Å². The SMILES string of the molecule is Cc1nc2c3c(c(C(F)(F)F)cc2n1C)-c1cccn2c(C(=O)c4cc(F)c(NC(=O)/C=C/CN5CCC5CC(C)(C)O)c(F)c4)cc(c12)CCN3C. The van der Waals surface area contributed by atoms with Crippen molar-refractivity contribution in [2.45, 2.75) is 57.9 Å². The van der Waals surface area contributed by atoms with Crippen LogP contribution in [0.5, 0.6) is 0 Å². The van der Waals surface area contributed by atoms with Crippen molar-refractivity contribution in [3.8, 4) is 11.1 Å². The van der Waals surface area contributed by atoms with Gasteiger partial charge in [0.15, 0.2) is 0 Å². The molecule has 0 spiro atoms. The lowest BCUT2D eigenvalue weighted by molar-refractivity contribution is -0.137. The lowest BCUT2D eigenvalue weighted by Gasteiger charge is -2.43. The minimum absolute atomic E-state index is 0.0127. The van der Waals surface area contributed by atoms with Crippen molar-refractivity contribution in [1.82, 2.24) is 18.9 Å². The molecule has 1 unspecified atom stereocenters. The molecule has 2 aliphatic rings. The van der Waals surface area contributed by atoms with E-state index in [0.29, 0.717) is 59.6 Å². The second-order valence-corrected chi connectivity index (χ2v) is 14.6. The zero-order chi connectivity index (χ0) is 38.1. The molecule has 9 nitrogen and oxygen atoms in total. The molecule has 0 saturated carbocycles. The van der Waals surface area contributed by atoms with Gasteiger partial charge in [-0.2, -0.15) is 13.2 Å². The molecule has 2 N–H and O–H groups in total. The summed E-state index contributed by atoms with van der Waals surface area (Å²) < 4.78 is 78.4. The highest BCUT2D eigenvalue weighted by atomic mass is 19.4. The van der Waals surface area contributed by atoms with Gasteiger partial charge in [-0.25, -0.2) is 13.8 Å². The molecule has 1 amide bonds. The first-order valence-electron chi connectivity index (χ1n) is 17.3. The van der Waals surface area contributed by atoms with E-state index in [2.05, 4.69) is 15.2 Å². The van der Waals surface area contributed by atoms with Crippen molar-refractivity contribution >= 4 is 39.6 Å². The summed E-state index contributed by atoms with van der Waals surface area (Å²) in [6.45, 7) is 6.72. The quantitative estimate of drug-likeness (QED) is 0.101. The lowest BCUT2D eigenvalue weighted by atomic mass is 9.91. The average molecular weight is 735 g/mol. The zero-order valence-corrected chi connectivity index (χ0v) is 29.9. The highest BCUT2D eigenvalue weighted by Crippen LogP contribution is 2.49. The van der Waals surface area contributed by atoms with E-state index in [-0.39, 0.29) is 28.4 Å². The predicted octanol–water partition coefficient (Wildman–Crippen LogP) is 7.05. The van der Waals surface area contributed by atoms with Crippen LogP contribution in [0.4, 0.5) is 33.3 Å². The number of aryl methyl sites for hydroxylation is 2. The largest absolute Gasteiger partial charge is 0.417 e. The van der Waals surface area contributed by atoms with Crippen molar-refractivity contribution in [2.24, 2.45) is 7.05 Å². The predicted molar refractivity (Wildman–Crippen MR) is 192 cm³/mol. The Morgan fingerprint density at radius 3 is 2.43 bits per heavy atom. The number of amides is 1. The number of fused-ring (bicyclic) bond motifs is 4. The average Bonchev–Trinajstić information content (AvgIpc) is 3.59. The molecule has 53 heavy (non-hydrogen) atoms. The number of carbonyl (C=O) groups excluding carboxylic acids is 2. The van der Waals surface area contributed by atoms with Crippen molar-refractivity contribution in [2.75, 3.05) is 36.9 Å². The Kier molecular flexibility index (Phi) is 8.97. The Labute approximate surface area is 302 Å². The van der Waals surface area contributed by atoms with Gasteiger partial charge in [0.1, 0.15) is 28.7 Å². The standard InChI is InChI=1S/C39H39F5N6O3/c1-21-45-34-29(48(21)5)19-26(39(42,43)44)32-25-8-6-13-50-30(18-22(35(25)50)10-14-47(4)36(32)34)37(52)23-16-27(40)33(28(41)17-23)46-31(51)9-7-12-49-15-11-24(49)20-38(2,3)53/h6-9,13,16-19,24,53H,10-12,14-15,20H2,1-5H3,(H,46,51)/b9-7+. The molecule has 1 fully saturated rings. The number of likely N-dealkylation sites (tertiary alicyclic amines) is 1. The second kappa shape index (κ2) is 13.1. The Bertz CT molecular complexity index is 2310. The molecule has 14 heteroatoms. The van der Waals surface area contributed by atoms with E-state index in [4.69, 9.17) is 0 Å². The van der Waals surface area contributed by atoms with Crippen LogP contribution < -0.4 is 10.2 Å². The molecule has 5 heterocycles. The summed E-state index contributed by atoms with van der Waals surface area (Å²) in [6, 6.07) is 7.60. The molecule has 2 aliphatic heterocycles. The normalized spacial score (nSPS) is 16.6. The van der Waals surface area contributed by atoms with E-state index >= 15 is 8.78 Å². The van der Waals surface area contributed by atoms with Gasteiger partial charge in [-0.3, -0.25) is 14.5 Å². The number of carbonyl (C=O) groups is 2. The number of imidazole rings is 1. The minimum Gasteiger partial charge on any atom is -0.390 e. The third kappa shape index (κ3) is 6.58. The molecule has 7 rings (SSSR count). The van der Waals surface area contributed by atoms with Crippen LogP contribution >= 0.6 is 0 Å². The van der Waals surface area contributed by atoms with Crippen LogP contribution in [-0.2, 0) is 24.4 Å². The number of benzene rings is 2. The third-order valence-electron chi connectivity index (χ3n) is 10.3. The van der Waals surface area contributed by atoms with Crippen LogP contribution in [0.25, 0.3) is 27.7 Å². The summed E-state index contributed by atoms with van der Waals surface area (Å²) in [5.74, 6) is -3.30. The fourth-order valence-corrected chi connectivity index (χ4v) is 7.57. The van der Waals surface area contributed by atoms with E-state index in [0.717, 1.165) is 31.2 Å². The highest BCUT2D eigenvalue weighted by molar-refractivity contribution is 6.11. The number of aromatic nitrogens is 3. The van der Waals surface area contributed by atoms with Gasteiger partial charge < -0.3 is 24.3 Å². The maximum absolute atomic E-state index is 15.4. The monoisotopic (exact) mass is 734 g/mol. The molecule has 3 aromatic heterocycles. The van der Waals surface area contributed by atoms with Gasteiger partial charge in [-0.1, -0.05) is 12.1 Å². The van der Waals surface area contributed by atoms with Crippen LogP contribution in [0.1, 0.15) is 59.7 Å². The van der Waals surface area contributed by atoms with Gasteiger partial charge in [0.2, 0.25) is 11.7 Å². The zero-order valence-electron chi connectivity index (χ0n) is 29.9. The number of rotatable bonds is 8. The number of nitrogens with one attached hydrogen (secondary N) is 1. The van der Waals surface area contributed by atoms with Gasteiger partial charge in [0, 0.05) is 68.7 Å².